The van der Waals surface area contributed by atoms with Crippen LogP contribution in [0.2, 0.25) is 10.0 Å². The van der Waals surface area contributed by atoms with Gasteiger partial charge in [0.15, 0.2) is 0 Å². The fraction of sp³-hybridized carbons (Fsp3) is 0.143. The van der Waals surface area contributed by atoms with E-state index in [1.165, 1.54) is 6.07 Å². The lowest BCUT2D eigenvalue weighted by molar-refractivity contribution is 0.627. The molecule has 0 aliphatic carbocycles. The molecule has 2 rings (SSSR count). The molecule has 18 heavy (non-hydrogen) atoms. The number of nitrogens with one attached hydrogen (secondary N) is 1. The highest BCUT2D eigenvalue weighted by Crippen LogP contribution is 2.26. The first-order valence-electron chi connectivity index (χ1n) is 5.51. The molecule has 2 aromatic carbocycles. The van der Waals surface area contributed by atoms with Crippen LogP contribution >= 0.6 is 23.2 Å². The molecule has 0 atom stereocenters. The fourth-order valence-corrected chi connectivity index (χ4v) is 2.19. The molecule has 0 fully saturated rings. The van der Waals surface area contributed by atoms with Crippen molar-refractivity contribution in [2.24, 2.45) is 0 Å². The predicted molar refractivity (Wildman–Crippen MR) is 74.9 cm³/mol. The molecular weight excluding hydrogens is 272 g/mol. The Balaban J connectivity index is 2.14. The van der Waals surface area contributed by atoms with Crippen LogP contribution in [0.1, 0.15) is 11.1 Å². The van der Waals surface area contributed by atoms with Gasteiger partial charge in [-0.1, -0.05) is 41.4 Å². The Kier molecular flexibility index (Phi) is 4.10. The Bertz CT molecular complexity index is 549. The molecule has 4 heteroatoms. The van der Waals surface area contributed by atoms with Gasteiger partial charge in [-0.15, -0.1) is 0 Å². The summed E-state index contributed by atoms with van der Waals surface area (Å²) in [6.45, 7) is 2.52. The number of rotatable bonds is 3. The van der Waals surface area contributed by atoms with E-state index in [4.69, 9.17) is 23.2 Å². The fourth-order valence-electron chi connectivity index (χ4n) is 1.70. The first-order valence-corrected chi connectivity index (χ1v) is 6.26. The number of benzene rings is 2. The summed E-state index contributed by atoms with van der Waals surface area (Å²) in [5.41, 5.74) is 2.86. The van der Waals surface area contributed by atoms with Crippen molar-refractivity contribution in [3.63, 3.8) is 0 Å². The summed E-state index contributed by atoms with van der Waals surface area (Å²) in [6.07, 6.45) is 0. The third-order valence-electron chi connectivity index (χ3n) is 2.68. The van der Waals surface area contributed by atoms with Crippen molar-refractivity contribution >= 4 is 28.9 Å². The normalized spacial score (nSPS) is 10.4. The monoisotopic (exact) mass is 283 g/mol. The summed E-state index contributed by atoms with van der Waals surface area (Å²) >= 11 is 11.8. The largest absolute Gasteiger partial charge is 0.380 e. The molecule has 0 amide bonds. The van der Waals surface area contributed by atoms with Crippen molar-refractivity contribution in [2.45, 2.75) is 13.5 Å². The van der Waals surface area contributed by atoms with Gasteiger partial charge in [-0.05, 0) is 36.2 Å². The van der Waals surface area contributed by atoms with E-state index in [0.29, 0.717) is 11.6 Å². The Hall–Kier alpha value is -1.25. The summed E-state index contributed by atoms with van der Waals surface area (Å²) in [4.78, 5) is 0. The minimum absolute atomic E-state index is 0.130. The average Bonchev–Trinajstić information content (AvgIpc) is 2.33. The van der Waals surface area contributed by atoms with Crippen LogP contribution in [0, 0.1) is 12.7 Å². The average molecular weight is 284 g/mol. The number of hydrogen-bond acceptors (Lipinski definition) is 1. The van der Waals surface area contributed by atoms with Crippen molar-refractivity contribution in [3.8, 4) is 0 Å². The van der Waals surface area contributed by atoms with Gasteiger partial charge in [-0.3, -0.25) is 0 Å². The molecule has 0 heterocycles. The summed E-state index contributed by atoms with van der Waals surface area (Å²) in [5.74, 6) is -0.408. The van der Waals surface area contributed by atoms with Crippen molar-refractivity contribution in [1.29, 1.82) is 0 Å². The second kappa shape index (κ2) is 5.59. The highest BCUT2D eigenvalue weighted by atomic mass is 35.5. The topological polar surface area (TPSA) is 12.0 Å². The maximum atomic E-state index is 13.0. The summed E-state index contributed by atoms with van der Waals surface area (Å²) in [7, 11) is 0. The van der Waals surface area contributed by atoms with E-state index >= 15 is 0 Å². The molecule has 2 aromatic rings. The van der Waals surface area contributed by atoms with Gasteiger partial charge >= 0.3 is 0 Å². The SMILES string of the molecule is Cc1cccc(Cl)c1NCc1ccc(F)c(Cl)c1. The van der Waals surface area contributed by atoms with Crippen LogP contribution in [-0.4, -0.2) is 0 Å². The van der Waals surface area contributed by atoms with Gasteiger partial charge < -0.3 is 5.32 Å². The van der Waals surface area contributed by atoms with E-state index in [0.717, 1.165) is 16.8 Å². The first-order chi connectivity index (χ1) is 8.58. The third-order valence-corrected chi connectivity index (χ3v) is 3.28. The second-order valence-electron chi connectivity index (χ2n) is 4.03. The minimum atomic E-state index is -0.408. The maximum absolute atomic E-state index is 13.0. The zero-order valence-electron chi connectivity index (χ0n) is 9.81. The number of anilines is 1. The summed E-state index contributed by atoms with van der Waals surface area (Å²) in [5, 5.41) is 4.03. The first kappa shape index (κ1) is 13.2. The maximum Gasteiger partial charge on any atom is 0.141 e. The number of aryl methyl sites for hydroxylation is 1. The molecule has 1 nitrogen and oxygen atoms in total. The third kappa shape index (κ3) is 2.95. The smallest absolute Gasteiger partial charge is 0.141 e. The van der Waals surface area contributed by atoms with Crippen molar-refractivity contribution in [1.82, 2.24) is 0 Å². The summed E-state index contributed by atoms with van der Waals surface area (Å²) in [6, 6.07) is 10.4. The van der Waals surface area contributed by atoms with E-state index in [-0.39, 0.29) is 5.02 Å². The number of hydrogen-bond donors (Lipinski definition) is 1. The van der Waals surface area contributed by atoms with E-state index in [9.17, 15) is 4.39 Å². The van der Waals surface area contributed by atoms with Gasteiger partial charge in [0, 0.05) is 6.54 Å². The zero-order valence-corrected chi connectivity index (χ0v) is 11.3. The van der Waals surface area contributed by atoms with E-state index < -0.39 is 5.82 Å². The van der Waals surface area contributed by atoms with Gasteiger partial charge in [-0.25, -0.2) is 4.39 Å². The van der Waals surface area contributed by atoms with Gasteiger partial charge in [-0.2, -0.15) is 0 Å². The lowest BCUT2D eigenvalue weighted by Gasteiger charge is -2.11. The van der Waals surface area contributed by atoms with Gasteiger partial charge in [0.2, 0.25) is 0 Å². The lowest BCUT2D eigenvalue weighted by Crippen LogP contribution is -2.02. The Morgan fingerprint density at radius 1 is 1.11 bits per heavy atom. The highest BCUT2D eigenvalue weighted by molar-refractivity contribution is 6.33. The standard InChI is InChI=1S/C14H12Cl2FN/c1-9-3-2-4-11(15)14(9)18-8-10-5-6-13(17)12(16)7-10/h2-7,18H,8H2,1H3. The molecule has 0 bridgehead atoms. The summed E-state index contributed by atoms with van der Waals surface area (Å²) < 4.78 is 13.0. The highest BCUT2D eigenvalue weighted by Gasteiger charge is 2.04. The molecule has 0 aliphatic heterocycles. The van der Waals surface area contributed by atoms with Crippen LogP contribution in [0.25, 0.3) is 0 Å². The van der Waals surface area contributed by atoms with Crippen LogP contribution in [0.4, 0.5) is 10.1 Å². The quantitative estimate of drug-likeness (QED) is 0.831. The predicted octanol–water partition coefficient (Wildman–Crippen LogP) is 5.05. The Morgan fingerprint density at radius 2 is 1.89 bits per heavy atom. The number of halogens is 3. The molecule has 94 valence electrons. The molecule has 0 aromatic heterocycles. The van der Waals surface area contributed by atoms with Crippen LogP contribution in [0.5, 0.6) is 0 Å². The van der Waals surface area contributed by atoms with Crippen LogP contribution in [0.3, 0.4) is 0 Å². The number of para-hydroxylation sites is 1. The van der Waals surface area contributed by atoms with Gasteiger partial charge in [0.1, 0.15) is 5.82 Å². The van der Waals surface area contributed by atoms with E-state index in [1.54, 1.807) is 12.1 Å². The zero-order chi connectivity index (χ0) is 13.1. The van der Waals surface area contributed by atoms with Crippen LogP contribution in [-0.2, 0) is 6.54 Å². The van der Waals surface area contributed by atoms with Crippen molar-refractivity contribution in [2.75, 3.05) is 5.32 Å². The molecule has 0 saturated heterocycles. The molecule has 0 saturated carbocycles. The lowest BCUT2D eigenvalue weighted by atomic mass is 10.1. The molecule has 0 spiro atoms. The second-order valence-corrected chi connectivity index (χ2v) is 4.85. The molecule has 0 aliphatic rings. The van der Waals surface area contributed by atoms with Crippen molar-refractivity contribution < 1.29 is 4.39 Å². The molecular formula is C14H12Cl2FN. The molecule has 1 N–H and O–H groups in total. The van der Waals surface area contributed by atoms with E-state index in [2.05, 4.69) is 5.32 Å². The van der Waals surface area contributed by atoms with Crippen molar-refractivity contribution in [3.05, 3.63) is 63.4 Å². The molecule has 0 unspecified atom stereocenters. The van der Waals surface area contributed by atoms with Gasteiger partial charge in [0.25, 0.3) is 0 Å². The van der Waals surface area contributed by atoms with E-state index in [1.807, 2.05) is 25.1 Å². The van der Waals surface area contributed by atoms with Crippen LogP contribution in [0.15, 0.2) is 36.4 Å². The molecule has 0 radical (unpaired) electrons. The Labute approximate surface area is 116 Å². The Morgan fingerprint density at radius 3 is 2.56 bits per heavy atom. The van der Waals surface area contributed by atoms with Gasteiger partial charge in [0.05, 0.1) is 15.7 Å². The minimum Gasteiger partial charge on any atom is -0.380 e. The van der Waals surface area contributed by atoms with Crippen LogP contribution < -0.4 is 5.32 Å².